The molecule has 90 valence electrons. The smallest absolute Gasteiger partial charge is 0.423 e. The van der Waals surface area contributed by atoms with Crippen LogP contribution in [0, 0.1) is 5.82 Å². The molecule has 0 saturated carbocycles. The fraction of sp³-hybridized carbons (Fsp3) is 0.400. The van der Waals surface area contributed by atoms with Crippen molar-refractivity contribution in [3.05, 3.63) is 17.9 Å². The van der Waals surface area contributed by atoms with Gasteiger partial charge in [0.05, 0.1) is 11.1 Å². The third-order valence-electron chi connectivity index (χ3n) is 2.48. The molecule has 2 N–H and O–H groups in total. The maximum absolute atomic E-state index is 13.6. The summed E-state index contributed by atoms with van der Waals surface area (Å²) >= 11 is 0. The van der Waals surface area contributed by atoms with Crippen molar-refractivity contribution in [2.24, 2.45) is 0 Å². The summed E-state index contributed by atoms with van der Waals surface area (Å²) in [6.45, 7) is 5.77. The summed E-state index contributed by atoms with van der Waals surface area (Å²) < 4.78 is 15.2. The van der Waals surface area contributed by atoms with Gasteiger partial charge in [0, 0.05) is 11.5 Å². The highest BCUT2D eigenvalue weighted by Gasteiger charge is 2.22. The summed E-state index contributed by atoms with van der Waals surface area (Å²) in [6.07, 6.45) is 0. The van der Waals surface area contributed by atoms with Gasteiger partial charge in [-0.3, -0.25) is 0 Å². The SMILES string of the molecule is CC(C)(C)n1nnc2cc(B(O)O)c(F)cc21. The minimum Gasteiger partial charge on any atom is -0.423 e. The van der Waals surface area contributed by atoms with Crippen LogP contribution in [0.4, 0.5) is 4.39 Å². The monoisotopic (exact) mass is 237 g/mol. The molecule has 2 rings (SSSR count). The molecule has 0 aliphatic rings. The molecule has 0 aliphatic carbocycles. The summed E-state index contributed by atoms with van der Waals surface area (Å²) in [6, 6.07) is 2.51. The Morgan fingerprint density at radius 1 is 1.29 bits per heavy atom. The Labute approximate surface area is 98.0 Å². The first-order valence-corrected chi connectivity index (χ1v) is 5.22. The van der Waals surface area contributed by atoms with Crippen LogP contribution in [0.3, 0.4) is 0 Å². The van der Waals surface area contributed by atoms with Gasteiger partial charge in [0.25, 0.3) is 0 Å². The van der Waals surface area contributed by atoms with Crippen molar-refractivity contribution in [2.75, 3.05) is 0 Å². The predicted octanol–water partition coefficient (Wildman–Crippen LogP) is 0.00520. The van der Waals surface area contributed by atoms with Crippen LogP contribution in [0.25, 0.3) is 11.0 Å². The van der Waals surface area contributed by atoms with E-state index in [0.717, 1.165) is 0 Å². The Bertz CT molecular complexity index is 562. The van der Waals surface area contributed by atoms with Gasteiger partial charge in [0.1, 0.15) is 11.3 Å². The lowest BCUT2D eigenvalue weighted by atomic mass is 9.79. The molecule has 7 heteroatoms. The summed E-state index contributed by atoms with van der Waals surface area (Å²) in [7, 11) is -1.85. The molecule has 0 bridgehead atoms. The Balaban J connectivity index is 2.69. The Morgan fingerprint density at radius 3 is 2.47 bits per heavy atom. The van der Waals surface area contributed by atoms with Crippen molar-refractivity contribution in [3.63, 3.8) is 0 Å². The lowest BCUT2D eigenvalue weighted by Crippen LogP contribution is -2.32. The Hall–Kier alpha value is -1.47. The molecule has 0 unspecified atom stereocenters. The highest BCUT2D eigenvalue weighted by molar-refractivity contribution is 6.59. The van der Waals surface area contributed by atoms with Crippen LogP contribution in [-0.4, -0.2) is 32.2 Å². The molecule has 1 heterocycles. The zero-order valence-corrected chi connectivity index (χ0v) is 9.85. The summed E-state index contributed by atoms with van der Waals surface area (Å²) in [5.74, 6) is -0.680. The van der Waals surface area contributed by atoms with Gasteiger partial charge >= 0.3 is 7.12 Å². The van der Waals surface area contributed by atoms with Gasteiger partial charge in [0.15, 0.2) is 0 Å². The van der Waals surface area contributed by atoms with Crippen LogP contribution < -0.4 is 5.46 Å². The molecule has 17 heavy (non-hydrogen) atoms. The molecule has 0 amide bonds. The topological polar surface area (TPSA) is 71.2 Å². The van der Waals surface area contributed by atoms with E-state index in [1.807, 2.05) is 20.8 Å². The molecule has 2 aromatic rings. The standard InChI is InChI=1S/C10H13BFN3O2/c1-10(2,3)15-9-5-7(12)6(11(16)17)4-8(9)13-14-15/h4-5,16-17H,1-3H3. The minimum atomic E-state index is -1.85. The van der Waals surface area contributed by atoms with Gasteiger partial charge in [-0.25, -0.2) is 9.07 Å². The zero-order chi connectivity index (χ0) is 12.8. The Morgan fingerprint density at radius 2 is 1.94 bits per heavy atom. The van der Waals surface area contributed by atoms with Crippen molar-refractivity contribution in [2.45, 2.75) is 26.3 Å². The second kappa shape index (κ2) is 3.78. The van der Waals surface area contributed by atoms with Crippen molar-refractivity contribution in [1.82, 2.24) is 15.0 Å². The van der Waals surface area contributed by atoms with Crippen LogP contribution >= 0.6 is 0 Å². The summed E-state index contributed by atoms with van der Waals surface area (Å²) in [5.41, 5.74) is 0.447. The molecule has 0 spiro atoms. The van der Waals surface area contributed by atoms with Gasteiger partial charge in [-0.15, -0.1) is 5.10 Å². The average Bonchev–Trinajstić information content (AvgIpc) is 2.57. The first kappa shape index (κ1) is 12.0. The molecule has 1 aromatic heterocycles. The Kier molecular flexibility index (Phi) is 2.67. The van der Waals surface area contributed by atoms with E-state index in [2.05, 4.69) is 10.3 Å². The predicted molar refractivity (Wildman–Crippen MR) is 62.3 cm³/mol. The van der Waals surface area contributed by atoms with E-state index in [9.17, 15) is 4.39 Å². The first-order chi connectivity index (χ1) is 7.80. The van der Waals surface area contributed by atoms with Gasteiger partial charge in [0.2, 0.25) is 0 Å². The number of halogens is 1. The van der Waals surface area contributed by atoms with Crippen molar-refractivity contribution in [3.8, 4) is 0 Å². The van der Waals surface area contributed by atoms with E-state index in [1.165, 1.54) is 12.1 Å². The van der Waals surface area contributed by atoms with Crippen molar-refractivity contribution >= 4 is 23.6 Å². The van der Waals surface area contributed by atoms with E-state index in [-0.39, 0.29) is 11.0 Å². The molecule has 1 aromatic carbocycles. The van der Waals surface area contributed by atoms with Crippen molar-refractivity contribution in [1.29, 1.82) is 0 Å². The number of fused-ring (bicyclic) bond motifs is 1. The maximum atomic E-state index is 13.6. The van der Waals surface area contributed by atoms with E-state index >= 15 is 0 Å². The van der Waals surface area contributed by atoms with Crippen LogP contribution in [0.5, 0.6) is 0 Å². The second-order valence-corrected chi connectivity index (χ2v) is 4.91. The minimum absolute atomic E-state index is 0.196. The number of rotatable bonds is 1. The highest BCUT2D eigenvalue weighted by atomic mass is 19.1. The van der Waals surface area contributed by atoms with E-state index < -0.39 is 12.9 Å². The quantitative estimate of drug-likeness (QED) is 0.685. The fourth-order valence-electron chi connectivity index (χ4n) is 1.65. The van der Waals surface area contributed by atoms with Gasteiger partial charge < -0.3 is 10.0 Å². The summed E-state index contributed by atoms with van der Waals surface area (Å²) in [5, 5.41) is 25.8. The van der Waals surface area contributed by atoms with Gasteiger partial charge in [-0.1, -0.05) is 5.21 Å². The number of benzene rings is 1. The van der Waals surface area contributed by atoms with Crippen LogP contribution in [0.2, 0.25) is 0 Å². The molecule has 0 fully saturated rings. The third kappa shape index (κ3) is 2.03. The lowest BCUT2D eigenvalue weighted by molar-refractivity contribution is 0.358. The average molecular weight is 237 g/mol. The normalized spacial score (nSPS) is 12.1. The molecule has 5 nitrogen and oxygen atoms in total. The molecule has 0 aliphatic heterocycles. The van der Waals surface area contributed by atoms with Crippen molar-refractivity contribution < 1.29 is 14.4 Å². The third-order valence-corrected chi connectivity index (χ3v) is 2.48. The van der Waals surface area contributed by atoms with E-state index in [1.54, 1.807) is 4.68 Å². The fourth-order valence-corrected chi connectivity index (χ4v) is 1.65. The van der Waals surface area contributed by atoms with Crippen LogP contribution in [-0.2, 0) is 5.54 Å². The lowest BCUT2D eigenvalue weighted by Gasteiger charge is -2.19. The zero-order valence-electron chi connectivity index (χ0n) is 9.85. The van der Waals surface area contributed by atoms with Gasteiger partial charge in [-0.05, 0) is 26.8 Å². The first-order valence-electron chi connectivity index (χ1n) is 5.22. The number of hydrogen-bond donors (Lipinski definition) is 2. The largest absolute Gasteiger partial charge is 0.491 e. The molecular weight excluding hydrogens is 224 g/mol. The highest BCUT2D eigenvalue weighted by Crippen LogP contribution is 2.20. The molecular formula is C10H13BFN3O2. The summed E-state index contributed by atoms with van der Waals surface area (Å²) in [4.78, 5) is 0. The molecule has 0 saturated heterocycles. The number of aromatic nitrogens is 3. The maximum Gasteiger partial charge on any atom is 0.491 e. The second-order valence-electron chi connectivity index (χ2n) is 4.91. The molecule has 0 atom stereocenters. The van der Waals surface area contributed by atoms with Crippen LogP contribution in [0.15, 0.2) is 12.1 Å². The molecule has 0 radical (unpaired) electrons. The van der Waals surface area contributed by atoms with E-state index in [4.69, 9.17) is 10.0 Å². The van der Waals surface area contributed by atoms with Gasteiger partial charge in [-0.2, -0.15) is 0 Å². The van der Waals surface area contributed by atoms with Crippen LogP contribution in [0.1, 0.15) is 20.8 Å². The number of nitrogens with zero attached hydrogens (tertiary/aromatic N) is 3. The number of hydrogen-bond acceptors (Lipinski definition) is 4. The van der Waals surface area contributed by atoms with E-state index in [0.29, 0.717) is 11.0 Å².